The molecular formula is C3H7NO3. The Morgan fingerprint density at radius 2 is 2.43 bits per heavy atom. The molecule has 0 aliphatic heterocycles. The minimum Gasteiger partial charge on any atom is -0.382 e. The van der Waals surface area contributed by atoms with Crippen LogP contribution in [0.3, 0.4) is 0 Å². The van der Waals surface area contributed by atoms with Crippen LogP contribution in [0.25, 0.3) is 0 Å². The SMILES string of the molecule is C[C@H](O)C(=O)ON. The van der Waals surface area contributed by atoms with Gasteiger partial charge in [0.2, 0.25) is 0 Å². The molecule has 0 fully saturated rings. The smallest absolute Gasteiger partial charge is 0.353 e. The van der Waals surface area contributed by atoms with E-state index in [2.05, 4.69) is 10.7 Å². The van der Waals surface area contributed by atoms with E-state index in [0.717, 1.165) is 0 Å². The monoisotopic (exact) mass is 105 g/mol. The fourth-order valence-corrected chi connectivity index (χ4v) is 0.0985. The lowest BCUT2D eigenvalue weighted by Crippen LogP contribution is -2.22. The zero-order chi connectivity index (χ0) is 5.86. The molecule has 0 spiro atoms. The normalized spacial score (nSPS) is 13.0. The number of aliphatic hydroxyl groups is 1. The lowest BCUT2D eigenvalue weighted by atomic mass is 10.4. The van der Waals surface area contributed by atoms with E-state index >= 15 is 0 Å². The van der Waals surface area contributed by atoms with Crippen LogP contribution in [0.15, 0.2) is 0 Å². The maximum absolute atomic E-state index is 9.91. The van der Waals surface area contributed by atoms with Gasteiger partial charge in [0.1, 0.15) is 0 Å². The molecule has 0 aromatic heterocycles. The van der Waals surface area contributed by atoms with Gasteiger partial charge >= 0.3 is 5.97 Å². The average molecular weight is 105 g/mol. The summed E-state index contributed by atoms with van der Waals surface area (Å²) in [6.45, 7) is 1.27. The van der Waals surface area contributed by atoms with Crippen LogP contribution in [-0.4, -0.2) is 17.2 Å². The maximum atomic E-state index is 9.91. The van der Waals surface area contributed by atoms with E-state index in [9.17, 15) is 4.79 Å². The minimum atomic E-state index is -1.12. The van der Waals surface area contributed by atoms with Crippen molar-refractivity contribution in [3.05, 3.63) is 0 Å². The first-order valence-corrected chi connectivity index (χ1v) is 1.77. The molecule has 4 nitrogen and oxygen atoms in total. The van der Waals surface area contributed by atoms with Crippen molar-refractivity contribution in [3.8, 4) is 0 Å². The summed E-state index contributed by atoms with van der Waals surface area (Å²) in [6, 6.07) is 0. The van der Waals surface area contributed by atoms with Gasteiger partial charge < -0.3 is 9.94 Å². The van der Waals surface area contributed by atoms with E-state index in [4.69, 9.17) is 5.11 Å². The molecule has 0 aromatic rings. The number of hydrogen-bond donors (Lipinski definition) is 2. The van der Waals surface area contributed by atoms with Crippen LogP contribution < -0.4 is 5.90 Å². The van der Waals surface area contributed by atoms with Crippen LogP contribution in [0.4, 0.5) is 0 Å². The fraction of sp³-hybridized carbons (Fsp3) is 0.667. The number of carbonyl (C=O) groups is 1. The van der Waals surface area contributed by atoms with Gasteiger partial charge in [-0.25, -0.2) is 4.79 Å². The number of rotatable bonds is 1. The third kappa shape index (κ3) is 2.13. The summed E-state index contributed by atoms with van der Waals surface area (Å²) in [5.41, 5.74) is 0. The quantitative estimate of drug-likeness (QED) is 0.410. The number of hydrogen-bond acceptors (Lipinski definition) is 4. The van der Waals surface area contributed by atoms with E-state index in [0.29, 0.717) is 0 Å². The molecule has 0 rings (SSSR count). The van der Waals surface area contributed by atoms with E-state index in [1.165, 1.54) is 6.92 Å². The predicted octanol–water partition coefficient (Wildman–Crippen LogP) is -1.22. The summed E-state index contributed by atoms with van der Waals surface area (Å²) in [5.74, 6) is 3.54. The van der Waals surface area contributed by atoms with Crippen molar-refractivity contribution in [2.75, 3.05) is 0 Å². The van der Waals surface area contributed by atoms with Crippen molar-refractivity contribution in [1.29, 1.82) is 0 Å². The van der Waals surface area contributed by atoms with E-state index in [1.54, 1.807) is 0 Å². The van der Waals surface area contributed by atoms with Gasteiger partial charge in [-0.05, 0) is 6.92 Å². The second-order valence-electron chi connectivity index (χ2n) is 1.11. The molecule has 7 heavy (non-hydrogen) atoms. The Morgan fingerprint density at radius 1 is 2.00 bits per heavy atom. The topological polar surface area (TPSA) is 72.5 Å². The molecule has 0 amide bonds. The van der Waals surface area contributed by atoms with E-state index in [1.807, 2.05) is 0 Å². The molecule has 42 valence electrons. The third-order valence-corrected chi connectivity index (χ3v) is 0.457. The molecule has 1 atom stereocenters. The number of aliphatic hydroxyl groups excluding tert-OH is 1. The second-order valence-corrected chi connectivity index (χ2v) is 1.11. The lowest BCUT2D eigenvalue weighted by molar-refractivity contribution is -0.153. The van der Waals surface area contributed by atoms with Crippen LogP contribution in [0, 0.1) is 0 Å². The lowest BCUT2D eigenvalue weighted by Gasteiger charge is -1.96. The molecule has 0 saturated heterocycles. The van der Waals surface area contributed by atoms with Gasteiger partial charge in [0.15, 0.2) is 6.10 Å². The number of carbonyl (C=O) groups excluding carboxylic acids is 1. The van der Waals surface area contributed by atoms with Crippen LogP contribution in [0.2, 0.25) is 0 Å². The highest BCUT2D eigenvalue weighted by molar-refractivity contribution is 5.73. The second kappa shape index (κ2) is 2.54. The van der Waals surface area contributed by atoms with Gasteiger partial charge in [-0.1, -0.05) is 0 Å². The Balaban J connectivity index is 3.35. The molecule has 0 saturated carbocycles. The molecule has 0 heterocycles. The molecule has 0 radical (unpaired) electrons. The Kier molecular flexibility index (Phi) is 2.32. The minimum absolute atomic E-state index is 0.819. The van der Waals surface area contributed by atoms with Gasteiger partial charge in [-0.3, -0.25) is 0 Å². The standard InChI is InChI=1S/C3H7NO3/c1-2(5)3(6)7-4/h2,5H,4H2,1H3/t2-/m0/s1. The van der Waals surface area contributed by atoms with Gasteiger partial charge in [0, 0.05) is 0 Å². The first-order chi connectivity index (χ1) is 3.18. The van der Waals surface area contributed by atoms with Crippen molar-refractivity contribution >= 4 is 5.97 Å². The van der Waals surface area contributed by atoms with Gasteiger partial charge in [0.05, 0.1) is 0 Å². The first kappa shape index (κ1) is 6.39. The van der Waals surface area contributed by atoms with Crippen LogP contribution >= 0.6 is 0 Å². The Labute approximate surface area is 40.8 Å². The maximum Gasteiger partial charge on any atom is 0.353 e. The van der Waals surface area contributed by atoms with Crippen molar-refractivity contribution < 1.29 is 14.7 Å². The van der Waals surface area contributed by atoms with Crippen LogP contribution in [0.1, 0.15) is 6.92 Å². The van der Waals surface area contributed by atoms with Crippen LogP contribution in [0.5, 0.6) is 0 Å². The van der Waals surface area contributed by atoms with Gasteiger partial charge in [-0.15, -0.1) is 0 Å². The Hall–Kier alpha value is -0.610. The van der Waals surface area contributed by atoms with Crippen molar-refractivity contribution in [3.63, 3.8) is 0 Å². The zero-order valence-corrected chi connectivity index (χ0v) is 3.92. The highest BCUT2D eigenvalue weighted by Gasteiger charge is 2.06. The highest BCUT2D eigenvalue weighted by Crippen LogP contribution is 1.78. The fourth-order valence-electron chi connectivity index (χ4n) is 0.0985. The van der Waals surface area contributed by atoms with Crippen molar-refractivity contribution in [1.82, 2.24) is 0 Å². The summed E-state index contributed by atoms with van der Waals surface area (Å²) in [7, 11) is 0. The summed E-state index contributed by atoms with van der Waals surface area (Å²) < 4.78 is 0. The van der Waals surface area contributed by atoms with E-state index < -0.39 is 12.1 Å². The van der Waals surface area contributed by atoms with Gasteiger partial charge in [0.25, 0.3) is 0 Å². The summed E-state index contributed by atoms with van der Waals surface area (Å²) in [4.78, 5) is 13.5. The van der Waals surface area contributed by atoms with Crippen molar-refractivity contribution in [2.24, 2.45) is 5.90 Å². The van der Waals surface area contributed by atoms with Crippen molar-refractivity contribution in [2.45, 2.75) is 13.0 Å². The van der Waals surface area contributed by atoms with Gasteiger partial charge in [-0.2, -0.15) is 5.90 Å². The average Bonchev–Trinajstić information content (AvgIpc) is 1.65. The molecule has 0 aliphatic rings. The Morgan fingerprint density at radius 3 is 2.43 bits per heavy atom. The summed E-state index contributed by atoms with van der Waals surface area (Å²) in [6.07, 6.45) is -1.12. The summed E-state index contributed by atoms with van der Waals surface area (Å²) in [5, 5.41) is 8.27. The van der Waals surface area contributed by atoms with Crippen LogP contribution in [-0.2, 0) is 9.63 Å². The van der Waals surface area contributed by atoms with E-state index in [-0.39, 0.29) is 0 Å². The molecule has 0 aliphatic carbocycles. The molecule has 0 bridgehead atoms. The first-order valence-electron chi connectivity index (χ1n) is 1.77. The Bertz CT molecular complexity index is 70.6. The molecule has 4 heteroatoms. The third-order valence-electron chi connectivity index (χ3n) is 0.457. The summed E-state index contributed by atoms with van der Waals surface area (Å²) >= 11 is 0. The predicted molar refractivity (Wildman–Crippen MR) is 22.0 cm³/mol. The highest BCUT2D eigenvalue weighted by atomic mass is 16.7. The molecular weight excluding hydrogens is 98.0 g/mol. The largest absolute Gasteiger partial charge is 0.382 e. The molecule has 0 unspecified atom stereocenters. The molecule has 3 N–H and O–H groups in total. The molecule has 0 aromatic carbocycles. The zero-order valence-electron chi connectivity index (χ0n) is 3.92. The number of nitrogens with two attached hydrogens (primary N) is 1.